The Balaban J connectivity index is 2.25. The molecular formula is C13H9ClN2O3. The van der Waals surface area contributed by atoms with E-state index in [4.69, 9.17) is 21.2 Å². The van der Waals surface area contributed by atoms with Crippen molar-refractivity contribution in [3.63, 3.8) is 0 Å². The number of hydrogen-bond acceptors (Lipinski definition) is 3. The average Bonchev–Trinajstić information content (AvgIpc) is 2.92. The number of aryl methyl sites for hydroxylation is 1. The lowest BCUT2D eigenvalue weighted by molar-refractivity contribution is 0.0652. The molecule has 2 heterocycles. The van der Waals surface area contributed by atoms with E-state index in [1.807, 2.05) is 19.1 Å². The van der Waals surface area contributed by atoms with Crippen LogP contribution in [0.2, 0.25) is 5.02 Å². The van der Waals surface area contributed by atoms with Gasteiger partial charge in [-0.05, 0) is 25.1 Å². The van der Waals surface area contributed by atoms with Crippen LogP contribution in [0.15, 0.2) is 28.8 Å². The molecule has 0 saturated carbocycles. The third-order valence-corrected chi connectivity index (χ3v) is 3.16. The molecule has 1 aromatic carbocycles. The number of aromatic carboxylic acids is 1. The normalized spacial score (nSPS) is 11.1. The fourth-order valence-electron chi connectivity index (χ4n) is 2.12. The van der Waals surface area contributed by atoms with Gasteiger partial charge in [0, 0.05) is 33.2 Å². The lowest BCUT2D eigenvalue weighted by Gasteiger charge is -1.95. The molecule has 0 radical (unpaired) electrons. The first-order valence-electron chi connectivity index (χ1n) is 5.54. The maximum absolute atomic E-state index is 10.8. The van der Waals surface area contributed by atoms with Gasteiger partial charge in [-0.1, -0.05) is 16.8 Å². The molecule has 0 saturated heterocycles. The fraction of sp³-hybridized carbons (Fsp3) is 0.0769. The number of carboxylic acids is 1. The van der Waals surface area contributed by atoms with Crippen LogP contribution in [0.25, 0.3) is 22.2 Å². The molecule has 0 atom stereocenters. The van der Waals surface area contributed by atoms with Gasteiger partial charge in [-0.25, -0.2) is 4.79 Å². The van der Waals surface area contributed by atoms with E-state index in [0.717, 1.165) is 22.2 Å². The molecule has 3 rings (SSSR count). The van der Waals surface area contributed by atoms with Gasteiger partial charge in [0.1, 0.15) is 5.69 Å². The Hall–Kier alpha value is -2.27. The summed E-state index contributed by atoms with van der Waals surface area (Å²) in [6, 6.07) is 6.87. The Kier molecular flexibility index (Phi) is 2.57. The zero-order valence-electron chi connectivity index (χ0n) is 9.90. The van der Waals surface area contributed by atoms with Crippen molar-refractivity contribution < 1.29 is 14.4 Å². The second-order valence-corrected chi connectivity index (χ2v) is 4.63. The van der Waals surface area contributed by atoms with E-state index in [1.54, 1.807) is 6.07 Å². The van der Waals surface area contributed by atoms with Gasteiger partial charge >= 0.3 is 5.97 Å². The van der Waals surface area contributed by atoms with Crippen molar-refractivity contribution in [3.8, 4) is 11.3 Å². The number of fused-ring (bicyclic) bond motifs is 1. The molecule has 0 bridgehead atoms. The lowest BCUT2D eigenvalue weighted by atomic mass is 10.1. The predicted molar refractivity (Wildman–Crippen MR) is 70.5 cm³/mol. The Labute approximate surface area is 112 Å². The van der Waals surface area contributed by atoms with Crippen molar-refractivity contribution in [1.82, 2.24) is 10.1 Å². The summed E-state index contributed by atoms with van der Waals surface area (Å²) in [5, 5.41) is 14.2. The number of carboxylic acid groups (broad SMARTS) is 1. The van der Waals surface area contributed by atoms with Crippen LogP contribution in [0.5, 0.6) is 0 Å². The van der Waals surface area contributed by atoms with Crippen LogP contribution >= 0.6 is 11.6 Å². The molecule has 6 heteroatoms. The molecule has 19 heavy (non-hydrogen) atoms. The van der Waals surface area contributed by atoms with Gasteiger partial charge in [0.05, 0.1) is 0 Å². The topological polar surface area (TPSA) is 79.1 Å². The van der Waals surface area contributed by atoms with Gasteiger partial charge in [-0.3, -0.25) is 0 Å². The number of carbonyl (C=O) groups is 1. The van der Waals surface area contributed by atoms with Crippen LogP contribution < -0.4 is 0 Å². The first-order chi connectivity index (χ1) is 9.06. The van der Waals surface area contributed by atoms with E-state index in [2.05, 4.69) is 10.1 Å². The fourth-order valence-corrected chi connectivity index (χ4v) is 2.29. The Bertz CT molecular complexity index is 788. The standard InChI is InChI=1S/C13H9ClN2O3/c1-6-12(10-5-11(13(17)18)19-16-10)8-4-7(14)2-3-9(8)15-6/h2-5,15H,1H3,(H,17,18). The number of benzene rings is 1. The molecule has 96 valence electrons. The molecule has 0 aliphatic carbocycles. The van der Waals surface area contributed by atoms with Crippen molar-refractivity contribution in [2.24, 2.45) is 0 Å². The number of aromatic amines is 1. The van der Waals surface area contributed by atoms with Crippen LogP contribution in [0, 0.1) is 6.92 Å². The highest BCUT2D eigenvalue weighted by Gasteiger charge is 2.17. The van der Waals surface area contributed by atoms with Crippen LogP contribution in [0.3, 0.4) is 0 Å². The minimum Gasteiger partial charge on any atom is -0.475 e. The number of nitrogens with one attached hydrogen (secondary N) is 1. The highest BCUT2D eigenvalue weighted by atomic mass is 35.5. The van der Waals surface area contributed by atoms with Crippen molar-refractivity contribution >= 4 is 28.5 Å². The maximum Gasteiger partial charge on any atom is 0.374 e. The van der Waals surface area contributed by atoms with Crippen molar-refractivity contribution in [2.75, 3.05) is 0 Å². The molecule has 0 aliphatic heterocycles. The summed E-state index contributed by atoms with van der Waals surface area (Å²) >= 11 is 5.99. The van der Waals surface area contributed by atoms with E-state index in [-0.39, 0.29) is 5.76 Å². The number of rotatable bonds is 2. The molecule has 0 aliphatic rings. The van der Waals surface area contributed by atoms with E-state index in [1.165, 1.54) is 6.07 Å². The zero-order valence-corrected chi connectivity index (χ0v) is 10.7. The van der Waals surface area contributed by atoms with Crippen molar-refractivity contribution in [1.29, 1.82) is 0 Å². The van der Waals surface area contributed by atoms with Gasteiger partial charge < -0.3 is 14.6 Å². The molecular weight excluding hydrogens is 268 g/mol. The summed E-state index contributed by atoms with van der Waals surface area (Å²) in [6.07, 6.45) is 0. The van der Waals surface area contributed by atoms with Gasteiger partial charge in [0.25, 0.3) is 0 Å². The zero-order chi connectivity index (χ0) is 13.6. The molecule has 0 unspecified atom stereocenters. The van der Waals surface area contributed by atoms with Gasteiger partial charge in [0.2, 0.25) is 5.76 Å². The smallest absolute Gasteiger partial charge is 0.374 e. The van der Waals surface area contributed by atoms with Crippen LogP contribution in [-0.4, -0.2) is 21.2 Å². The highest BCUT2D eigenvalue weighted by molar-refractivity contribution is 6.31. The van der Waals surface area contributed by atoms with E-state index < -0.39 is 5.97 Å². The van der Waals surface area contributed by atoms with Crippen molar-refractivity contribution in [2.45, 2.75) is 6.92 Å². The number of H-pyrrole nitrogens is 1. The quantitative estimate of drug-likeness (QED) is 0.751. The summed E-state index contributed by atoms with van der Waals surface area (Å²) in [7, 11) is 0. The van der Waals surface area contributed by atoms with Gasteiger partial charge in [0.15, 0.2) is 0 Å². The molecule has 0 fully saturated rings. The van der Waals surface area contributed by atoms with Crippen LogP contribution in [-0.2, 0) is 0 Å². The largest absolute Gasteiger partial charge is 0.475 e. The van der Waals surface area contributed by atoms with Gasteiger partial charge in [-0.15, -0.1) is 0 Å². The summed E-state index contributed by atoms with van der Waals surface area (Å²) in [5.41, 5.74) is 3.07. The lowest BCUT2D eigenvalue weighted by Crippen LogP contribution is -1.91. The highest BCUT2D eigenvalue weighted by Crippen LogP contribution is 2.33. The Morgan fingerprint density at radius 1 is 1.42 bits per heavy atom. The first-order valence-corrected chi connectivity index (χ1v) is 5.92. The van der Waals surface area contributed by atoms with Gasteiger partial charge in [-0.2, -0.15) is 0 Å². The number of aromatic nitrogens is 2. The van der Waals surface area contributed by atoms with Crippen molar-refractivity contribution in [3.05, 3.63) is 40.7 Å². The summed E-state index contributed by atoms with van der Waals surface area (Å²) in [6.45, 7) is 1.89. The van der Waals surface area contributed by atoms with Crippen LogP contribution in [0.1, 0.15) is 16.2 Å². The van der Waals surface area contributed by atoms with E-state index >= 15 is 0 Å². The molecule has 5 nitrogen and oxygen atoms in total. The molecule has 0 spiro atoms. The second kappa shape index (κ2) is 4.13. The molecule has 3 aromatic rings. The summed E-state index contributed by atoms with van der Waals surface area (Å²) in [4.78, 5) is 14.0. The minimum atomic E-state index is -1.14. The molecule has 2 N–H and O–H groups in total. The predicted octanol–water partition coefficient (Wildman–Crippen LogP) is 3.48. The number of nitrogens with zero attached hydrogens (tertiary/aromatic N) is 1. The number of halogens is 1. The van der Waals surface area contributed by atoms with E-state index in [9.17, 15) is 4.79 Å². The first kappa shape index (κ1) is 11.8. The van der Waals surface area contributed by atoms with E-state index in [0.29, 0.717) is 10.7 Å². The third-order valence-electron chi connectivity index (χ3n) is 2.93. The van der Waals surface area contributed by atoms with Crippen LogP contribution in [0.4, 0.5) is 0 Å². The molecule has 0 amide bonds. The average molecular weight is 277 g/mol. The third kappa shape index (κ3) is 1.88. The summed E-state index contributed by atoms with van der Waals surface area (Å²) < 4.78 is 4.79. The Morgan fingerprint density at radius 2 is 2.21 bits per heavy atom. The Morgan fingerprint density at radius 3 is 2.89 bits per heavy atom. The SMILES string of the molecule is Cc1[nH]c2ccc(Cl)cc2c1-c1cc(C(=O)O)on1. The summed E-state index contributed by atoms with van der Waals surface area (Å²) in [5.74, 6) is -1.33. The second-order valence-electron chi connectivity index (χ2n) is 4.20. The maximum atomic E-state index is 10.8. The molecule has 2 aromatic heterocycles. The monoisotopic (exact) mass is 276 g/mol. The minimum absolute atomic E-state index is 0.189. The number of hydrogen-bond donors (Lipinski definition) is 2.